The number of carbonyl (C=O) groups excluding carboxylic acids is 1. The van der Waals surface area contributed by atoms with Gasteiger partial charge in [0.1, 0.15) is 12.1 Å². The Balaban J connectivity index is 1.39. The Kier molecular flexibility index (Phi) is 5.57. The second kappa shape index (κ2) is 8.16. The molecule has 1 amide bonds. The van der Waals surface area contributed by atoms with Gasteiger partial charge in [-0.2, -0.15) is 4.31 Å². The molecule has 1 fully saturated rings. The van der Waals surface area contributed by atoms with E-state index in [1.807, 2.05) is 36.4 Å². The summed E-state index contributed by atoms with van der Waals surface area (Å²) in [7, 11) is -3.56. The molecule has 1 aliphatic rings. The molecular weight excluding hydrogens is 402 g/mol. The lowest BCUT2D eigenvalue weighted by molar-refractivity contribution is -0.133. The summed E-state index contributed by atoms with van der Waals surface area (Å²) in [6.45, 7) is 5.49. The first kappa shape index (κ1) is 20.5. The topological polar surface area (TPSA) is 88.4 Å². The monoisotopic (exact) mass is 427 g/mol. The van der Waals surface area contributed by atoms with E-state index in [0.29, 0.717) is 23.9 Å². The van der Waals surface area contributed by atoms with Gasteiger partial charge in [0, 0.05) is 26.2 Å². The summed E-state index contributed by atoms with van der Waals surface area (Å²) in [5, 5.41) is 8.12. The van der Waals surface area contributed by atoms with Crippen LogP contribution in [0.25, 0.3) is 11.0 Å². The number of para-hydroxylation sites is 1. The summed E-state index contributed by atoms with van der Waals surface area (Å²) in [4.78, 5) is 14.7. The molecule has 0 radical (unpaired) electrons. The highest BCUT2D eigenvalue weighted by Gasteiger charge is 2.30. The highest BCUT2D eigenvalue weighted by molar-refractivity contribution is 7.89. The summed E-state index contributed by atoms with van der Waals surface area (Å²) in [6, 6.07) is 14.5. The Bertz CT molecular complexity index is 1150. The number of nitrogens with zero attached hydrogens (tertiary/aromatic N) is 5. The zero-order valence-corrected chi connectivity index (χ0v) is 17.9. The van der Waals surface area contributed by atoms with Gasteiger partial charge in [-0.25, -0.2) is 13.1 Å². The Hall–Kier alpha value is -2.78. The zero-order valence-electron chi connectivity index (χ0n) is 17.1. The third-order valence-electron chi connectivity index (χ3n) is 5.48. The molecular formula is C21H25N5O3S. The van der Waals surface area contributed by atoms with Gasteiger partial charge in [0.15, 0.2) is 0 Å². The molecule has 158 valence electrons. The largest absolute Gasteiger partial charge is 0.338 e. The van der Waals surface area contributed by atoms with E-state index in [2.05, 4.69) is 24.2 Å². The van der Waals surface area contributed by atoms with Crippen LogP contribution >= 0.6 is 0 Å². The Morgan fingerprint density at radius 3 is 2.33 bits per heavy atom. The summed E-state index contributed by atoms with van der Waals surface area (Å²) in [5.41, 5.74) is 2.65. The number of rotatable bonds is 5. The third-order valence-corrected chi connectivity index (χ3v) is 7.39. The van der Waals surface area contributed by atoms with E-state index < -0.39 is 10.0 Å². The van der Waals surface area contributed by atoms with Crippen molar-refractivity contribution in [2.24, 2.45) is 0 Å². The van der Waals surface area contributed by atoms with Gasteiger partial charge in [-0.05, 0) is 35.7 Å². The molecule has 2 heterocycles. The first-order valence-electron chi connectivity index (χ1n) is 10.0. The van der Waals surface area contributed by atoms with Gasteiger partial charge < -0.3 is 4.90 Å². The number of piperazine rings is 1. The van der Waals surface area contributed by atoms with Crippen LogP contribution in [-0.4, -0.2) is 64.7 Å². The number of aromatic nitrogens is 3. The van der Waals surface area contributed by atoms with Crippen LogP contribution in [0.2, 0.25) is 0 Å². The second-order valence-electron chi connectivity index (χ2n) is 7.74. The number of carbonyl (C=O) groups is 1. The summed E-state index contributed by atoms with van der Waals surface area (Å²) in [5.74, 6) is 0.252. The highest BCUT2D eigenvalue weighted by Crippen LogP contribution is 2.21. The van der Waals surface area contributed by atoms with E-state index in [0.717, 1.165) is 16.6 Å². The Morgan fingerprint density at radius 1 is 1.00 bits per heavy atom. The summed E-state index contributed by atoms with van der Waals surface area (Å²) >= 11 is 0. The molecule has 0 unspecified atom stereocenters. The minimum atomic E-state index is -3.56. The van der Waals surface area contributed by atoms with Gasteiger partial charge in [0.2, 0.25) is 15.9 Å². The van der Waals surface area contributed by atoms with Gasteiger partial charge in [-0.15, -0.1) is 5.10 Å². The molecule has 2 aromatic carbocycles. The van der Waals surface area contributed by atoms with E-state index >= 15 is 0 Å². The van der Waals surface area contributed by atoms with Crippen LogP contribution in [0.1, 0.15) is 25.3 Å². The van der Waals surface area contributed by atoms with Gasteiger partial charge in [0.05, 0.1) is 10.4 Å². The van der Waals surface area contributed by atoms with E-state index in [1.54, 1.807) is 21.7 Å². The van der Waals surface area contributed by atoms with Crippen molar-refractivity contribution >= 4 is 27.0 Å². The number of hydrogen-bond acceptors (Lipinski definition) is 5. The highest BCUT2D eigenvalue weighted by atomic mass is 32.2. The van der Waals surface area contributed by atoms with Crippen LogP contribution in [0.5, 0.6) is 0 Å². The normalized spacial score (nSPS) is 15.8. The molecule has 0 aliphatic carbocycles. The van der Waals surface area contributed by atoms with Gasteiger partial charge in [-0.3, -0.25) is 4.79 Å². The fourth-order valence-electron chi connectivity index (χ4n) is 3.61. The molecule has 1 saturated heterocycles. The van der Waals surface area contributed by atoms with Gasteiger partial charge >= 0.3 is 0 Å². The molecule has 30 heavy (non-hydrogen) atoms. The van der Waals surface area contributed by atoms with Crippen molar-refractivity contribution in [1.82, 2.24) is 24.2 Å². The van der Waals surface area contributed by atoms with E-state index in [1.165, 1.54) is 4.31 Å². The van der Waals surface area contributed by atoms with Crippen molar-refractivity contribution in [1.29, 1.82) is 0 Å². The Labute approximate surface area is 176 Å². The van der Waals surface area contributed by atoms with Gasteiger partial charge in [0.25, 0.3) is 0 Å². The fourth-order valence-corrected chi connectivity index (χ4v) is 5.04. The first-order valence-corrected chi connectivity index (χ1v) is 11.5. The summed E-state index contributed by atoms with van der Waals surface area (Å²) in [6.07, 6.45) is 0. The molecule has 0 N–H and O–H groups in total. The van der Waals surface area contributed by atoms with Crippen LogP contribution in [0.4, 0.5) is 0 Å². The molecule has 8 nitrogen and oxygen atoms in total. The van der Waals surface area contributed by atoms with E-state index in [4.69, 9.17) is 0 Å². The lowest BCUT2D eigenvalue weighted by atomic mass is 10.0. The molecule has 3 aromatic rings. The molecule has 0 atom stereocenters. The molecule has 0 bridgehead atoms. The average Bonchev–Trinajstić information content (AvgIpc) is 3.16. The van der Waals surface area contributed by atoms with Crippen LogP contribution in [0.3, 0.4) is 0 Å². The standard InChI is InChI=1S/C21H25N5O3S/c1-16(2)17-7-9-18(10-8-17)30(28,29)25-13-11-24(12-14-25)21(27)15-26-20-6-4-3-5-19(20)22-23-26/h3-10,16H,11-15H2,1-2H3. The van der Waals surface area contributed by atoms with Crippen molar-refractivity contribution in [3.63, 3.8) is 0 Å². The molecule has 0 saturated carbocycles. The van der Waals surface area contributed by atoms with Crippen molar-refractivity contribution < 1.29 is 13.2 Å². The minimum Gasteiger partial charge on any atom is -0.338 e. The van der Waals surface area contributed by atoms with E-state index in [-0.39, 0.29) is 25.5 Å². The maximum absolute atomic E-state index is 12.9. The number of sulfonamides is 1. The van der Waals surface area contributed by atoms with Crippen LogP contribution in [-0.2, 0) is 21.4 Å². The summed E-state index contributed by atoms with van der Waals surface area (Å²) < 4.78 is 28.9. The minimum absolute atomic E-state index is 0.0872. The van der Waals surface area contributed by atoms with Gasteiger partial charge in [-0.1, -0.05) is 43.3 Å². The molecule has 1 aliphatic heterocycles. The zero-order chi connectivity index (χ0) is 21.3. The molecule has 1 aromatic heterocycles. The molecule has 0 spiro atoms. The van der Waals surface area contributed by atoms with E-state index in [9.17, 15) is 13.2 Å². The lowest BCUT2D eigenvalue weighted by Crippen LogP contribution is -2.51. The lowest BCUT2D eigenvalue weighted by Gasteiger charge is -2.34. The first-order chi connectivity index (χ1) is 14.4. The third kappa shape index (κ3) is 3.95. The quantitative estimate of drug-likeness (QED) is 0.622. The second-order valence-corrected chi connectivity index (χ2v) is 9.68. The van der Waals surface area contributed by atoms with Crippen molar-refractivity contribution in [2.75, 3.05) is 26.2 Å². The molecule has 4 rings (SSSR count). The smallest absolute Gasteiger partial charge is 0.244 e. The van der Waals surface area contributed by atoms with Crippen LogP contribution < -0.4 is 0 Å². The Morgan fingerprint density at radius 2 is 1.67 bits per heavy atom. The predicted octanol–water partition coefficient (Wildman–Crippen LogP) is 2.09. The number of amides is 1. The van der Waals surface area contributed by atoms with Crippen molar-refractivity contribution in [3.8, 4) is 0 Å². The fraction of sp³-hybridized carbons (Fsp3) is 0.381. The number of fused-ring (bicyclic) bond motifs is 1. The SMILES string of the molecule is CC(C)c1ccc(S(=O)(=O)N2CCN(C(=O)Cn3nnc4ccccc43)CC2)cc1. The number of hydrogen-bond donors (Lipinski definition) is 0. The molecule has 9 heteroatoms. The van der Waals surface area contributed by atoms with Crippen LogP contribution in [0.15, 0.2) is 53.4 Å². The van der Waals surface area contributed by atoms with Crippen molar-refractivity contribution in [2.45, 2.75) is 31.2 Å². The number of benzene rings is 2. The van der Waals surface area contributed by atoms with Crippen molar-refractivity contribution in [3.05, 3.63) is 54.1 Å². The van der Waals surface area contributed by atoms with Crippen LogP contribution in [0, 0.1) is 0 Å². The maximum atomic E-state index is 12.9. The maximum Gasteiger partial charge on any atom is 0.244 e. The predicted molar refractivity (Wildman–Crippen MR) is 113 cm³/mol. The average molecular weight is 428 g/mol.